The van der Waals surface area contributed by atoms with Gasteiger partial charge in [-0.2, -0.15) is 0 Å². The maximum Gasteiger partial charge on any atom is 0.238 e. The second kappa shape index (κ2) is 5.94. The van der Waals surface area contributed by atoms with Gasteiger partial charge < -0.3 is 11.1 Å². The minimum atomic E-state index is 0.0819. The van der Waals surface area contributed by atoms with E-state index in [1.165, 1.54) is 25.7 Å². The van der Waals surface area contributed by atoms with Crippen molar-refractivity contribution in [1.82, 2.24) is 4.90 Å². The highest BCUT2D eigenvalue weighted by Crippen LogP contribution is 2.34. The van der Waals surface area contributed by atoms with Crippen LogP contribution >= 0.6 is 0 Å². The highest BCUT2D eigenvalue weighted by Gasteiger charge is 2.34. The molecule has 108 valence electrons. The summed E-state index contributed by atoms with van der Waals surface area (Å²) < 4.78 is 0. The number of nitrogens with one attached hydrogen (secondary N) is 1. The number of rotatable bonds is 7. The van der Waals surface area contributed by atoms with E-state index in [1.807, 2.05) is 24.3 Å². The Bertz CT molecular complexity index is 480. The van der Waals surface area contributed by atoms with E-state index in [-0.39, 0.29) is 5.91 Å². The number of carbonyl (C=O) groups is 1. The Balaban J connectivity index is 1.57. The summed E-state index contributed by atoms with van der Waals surface area (Å²) >= 11 is 0. The Kier molecular flexibility index (Phi) is 4.03. The molecule has 3 rings (SSSR count). The third-order valence-electron chi connectivity index (χ3n) is 4.11. The van der Waals surface area contributed by atoms with Gasteiger partial charge in [0, 0.05) is 24.8 Å². The van der Waals surface area contributed by atoms with Crippen molar-refractivity contribution in [3.8, 4) is 0 Å². The molecule has 0 spiro atoms. The SMILES string of the molecule is NCc1ccccc1NC(=O)CN(CC1CC1)C1CC1. The van der Waals surface area contributed by atoms with Crippen LogP contribution in [0.4, 0.5) is 5.69 Å². The molecule has 4 heteroatoms. The molecule has 4 nitrogen and oxygen atoms in total. The van der Waals surface area contributed by atoms with Gasteiger partial charge in [0.15, 0.2) is 0 Å². The molecule has 1 aromatic rings. The van der Waals surface area contributed by atoms with Gasteiger partial charge in [0.2, 0.25) is 5.91 Å². The topological polar surface area (TPSA) is 58.4 Å². The predicted molar refractivity (Wildman–Crippen MR) is 80.3 cm³/mol. The predicted octanol–water partition coefficient (Wildman–Crippen LogP) is 1.96. The largest absolute Gasteiger partial charge is 0.326 e. The van der Waals surface area contributed by atoms with E-state index in [0.717, 1.165) is 23.7 Å². The van der Waals surface area contributed by atoms with Gasteiger partial charge in [-0.25, -0.2) is 0 Å². The first-order chi connectivity index (χ1) is 9.76. The average Bonchev–Trinajstić information content (AvgIpc) is 3.31. The Morgan fingerprint density at radius 2 is 2.00 bits per heavy atom. The summed E-state index contributed by atoms with van der Waals surface area (Å²) in [6.45, 7) is 2.06. The van der Waals surface area contributed by atoms with Gasteiger partial charge in [-0.05, 0) is 43.2 Å². The summed E-state index contributed by atoms with van der Waals surface area (Å²) in [4.78, 5) is 14.6. The van der Waals surface area contributed by atoms with Gasteiger partial charge in [0.25, 0.3) is 0 Å². The van der Waals surface area contributed by atoms with Crippen LogP contribution in [0.3, 0.4) is 0 Å². The lowest BCUT2D eigenvalue weighted by molar-refractivity contribution is -0.117. The van der Waals surface area contributed by atoms with Crippen LogP contribution in [0.1, 0.15) is 31.2 Å². The molecule has 1 amide bonds. The molecule has 2 aliphatic rings. The van der Waals surface area contributed by atoms with Crippen LogP contribution in [0.25, 0.3) is 0 Å². The van der Waals surface area contributed by atoms with Gasteiger partial charge in [-0.15, -0.1) is 0 Å². The van der Waals surface area contributed by atoms with Crippen molar-refractivity contribution in [2.75, 3.05) is 18.4 Å². The summed E-state index contributed by atoms with van der Waals surface area (Å²) in [6, 6.07) is 8.39. The van der Waals surface area contributed by atoms with Crippen LogP contribution in [-0.2, 0) is 11.3 Å². The Morgan fingerprint density at radius 1 is 1.25 bits per heavy atom. The molecule has 0 saturated heterocycles. The Morgan fingerprint density at radius 3 is 2.65 bits per heavy atom. The van der Waals surface area contributed by atoms with Crippen LogP contribution in [0, 0.1) is 5.92 Å². The van der Waals surface area contributed by atoms with Crippen LogP contribution in [0.15, 0.2) is 24.3 Å². The number of hydrogen-bond acceptors (Lipinski definition) is 3. The summed E-state index contributed by atoms with van der Waals surface area (Å²) in [5.41, 5.74) is 7.53. The number of hydrogen-bond donors (Lipinski definition) is 2. The number of amides is 1. The fourth-order valence-corrected chi connectivity index (χ4v) is 2.61. The second-order valence-electron chi connectivity index (χ2n) is 6.01. The van der Waals surface area contributed by atoms with Gasteiger partial charge in [0.1, 0.15) is 0 Å². The lowest BCUT2D eigenvalue weighted by Gasteiger charge is -2.21. The zero-order chi connectivity index (χ0) is 13.9. The maximum atomic E-state index is 12.2. The van der Waals surface area contributed by atoms with Crippen LogP contribution in [0.5, 0.6) is 0 Å². The monoisotopic (exact) mass is 273 g/mol. The third-order valence-corrected chi connectivity index (χ3v) is 4.11. The Labute approximate surface area is 120 Å². The molecular weight excluding hydrogens is 250 g/mol. The summed E-state index contributed by atoms with van der Waals surface area (Å²) in [7, 11) is 0. The molecule has 0 aromatic heterocycles. The minimum Gasteiger partial charge on any atom is -0.326 e. The third kappa shape index (κ3) is 3.58. The number of carbonyl (C=O) groups excluding carboxylic acids is 1. The van der Waals surface area contributed by atoms with Crippen molar-refractivity contribution in [1.29, 1.82) is 0 Å². The van der Waals surface area contributed by atoms with Crippen molar-refractivity contribution in [2.45, 2.75) is 38.3 Å². The molecular formula is C16H23N3O. The zero-order valence-corrected chi connectivity index (χ0v) is 11.8. The highest BCUT2D eigenvalue weighted by molar-refractivity contribution is 5.93. The van der Waals surface area contributed by atoms with Gasteiger partial charge >= 0.3 is 0 Å². The molecule has 2 fully saturated rings. The molecule has 2 aliphatic carbocycles. The van der Waals surface area contributed by atoms with E-state index < -0.39 is 0 Å². The molecule has 0 radical (unpaired) electrons. The van der Waals surface area contributed by atoms with E-state index in [2.05, 4.69) is 10.2 Å². The molecule has 1 aromatic carbocycles. The number of anilines is 1. The highest BCUT2D eigenvalue weighted by atomic mass is 16.2. The first-order valence-corrected chi connectivity index (χ1v) is 7.58. The molecule has 2 saturated carbocycles. The first kappa shape index (κ1) is 13.6. The molecule has 3 N–H and O–H groups in total. The fourth-order valence-electron chi connectivity index (χ4n) is 2.61. The number of nitrogens with zero attached hydrogens (tertiary/aromatic N) is 1. The number of para-hydroxylation sites is 1. The van der Waals surface area contributed by atoms with E-state index in [9.17, 15) is 4.79 Å². The maximum absolute atomic E-state index is 12.2. The summed E-state index contributed by atoms with van der Waals surface area (Å²) in [5.74, 6) is 0.915. The van der Waals surface area contributed by atoms with Crippen molar-refractivity contribution in [3.05, 3.63) is 29.8 Å². The Hall–Kier alpha value is -1.39. The van der Waals surface area contributed by atoms with E-state index in [0.29, 0.717) is 19.1 Å². The van der Waals surface area contributed by atoms with Crippen molar-refractivity contribution >= 4 is 11.6 Å². The van der Waals surface area contributed by atoms with Gasteiger partial charge in [0.05, 0.1) is 6.54 Å². The number of nitrogens with two attached hydrogens (primary N) is 1. The van der Waals surface area contributed by atoms with Gasteiger partial charge in [-0.1, -0.05) is 18.2 Å². The zero-order valence-electron chi connectivity index (χ0n) is 11.8. The van der Waals surface area contributed by atoms with E-state index in [1.54, 1.807) is 0 Å². The quantitative estimate of drug-likeness (QED) is 0.798. The molecule has 0 atom stereocenters. The van der Waals surface area contributed by atoms with E-state index in [4.69, 9.17) is 5.73 Å². The first-order valence-electron chi connectivity index (χ1n) is 7.58. The lowest BCUT2D eigenvalue weighted by Crippen LogP contribution is -2.36. The standard InChI is InChI=1S/C16H23N3O/c17-9-13-3-1-2-4-15(13)18-16(20)11-19(14-7-8-14)10-12-5-6-12/h1-4,12,14H,5-11,17H2,(H,18,20). The van der Waals surface area contributed by atoms with Crippen molar-refractivity contribution in [2.24, 2.45) is 11.7 Å². The fraction of sp³-hybridized carbons (Fsp3) is 0.562. The number of benzene rings is 1. The minimum absolute atomic E-state index is 0.0819. The van der Waals surface area contributed by atoms with Crippen LogP contribution < -0.4 is 11.1 Å². The summed E-state index contributed by atoms with van der Waals surface area (Å²) in [5, 5.41) is 3.01. The molecule has 0 bridgehead atoms. The molecule has 20 heavy (non-hydrogen) atoms. The summed E-state index contributed by atoms with van der Waals surface area (Å²) in [6.07, 6.45) is 5.17. The van der Waals surface area contributed by atoms with Gasteiger partial charge in [-0.3, -0.25) is 9.69 Å². The normalized spacial score (nSPS) is 18.3. The smallest absolute Gasteiger partial charge is 0.238 e. The van der Waals surface area contributed by atoms with Crippen LogP contribution in [-0.4, -0.2) is 29.9 Å². The molecule has 0 unspecified atom stereocenters. The van der Waals surface area contributed by atoms with Crippen molar-refractivity contribution < 1.29 is 4.79 Å². The molecule has 0 aliphatic heterocycles. The van der Waals surface area contributed by atoms with Crippen molar-refractivity contribution in [3.63, 3.8) is 0 Å². The van der Waals surface area contributed by atoms with Crippen LogP contribution in [0.2, 0.25) is 0 Å². The lowest BCUT2D eigenvalue weighted by atomic mass is 10.2. The van der Waals surface area contributed by atoms with E-state index >= 15 is 0 Å². The second-order valence-corrected chi connectivity index (χ2v) is 6.01. The average molecular weight is 273 g/mol. The molecule has 0 heterocycles.